The van der Waals surface area contributed by atoms with Gasteiger partial charge in [0.15, 0.2) is 0 Å². The van der Waals surface area contributed by atoms with Gasteiger partial charge in [-0.15, -0.1) is 0 Å². The third-order valence-corrected chi connectivity index (χ3v) is 6.92. The predicted molar refractivity (Wildman–Crippen MR) is 105 cm³/mol. The predicted octanol–water partition coefficient (Wildman–Crippen LogP) is 3.75. The van der Waals surface area contributed by atoms with Crippen molar-refractivity contribution in [3.8, 4) is 5.75 Å². The van der Waals surface area contributed by atoms with Gasteiger partial charge in [0.05, 0.1) is 23.3 Å². The van der Waals surface area contributed by atoms with Crippen molar-refractivity contribution in [3.63, 3.8) is 0 Å². The molecule has 1 aliphatic heterocycles. The Hall–Kier alpha value is -2.59. The second-order valence-corrected chi connectivity index (χ2v) is 8.83. The van der Waals surface area contributed by atoms with Crippen LogP contribution < -0.4 is 10.1 Å². The molecule has 1 fully saturated rings. The zero-order chi connectivity index (χ0) is 21.9. The Kier molecular flexibility index (Phi) is 6.37. The van der Waals surface area contributed by atoms with Gasteiger partial charge in [0, 0.05) is 19.0 Å². The molecule has 1 N–H and O–H groups in total. The van der Waals surface area contributed by atoms with Crippen molar-refractivity contribution in [1.82, 2.24) is 4.31 Å². The van der Waals surface area contributed by atoms with Crippen molar-refractivity contribution in [3.05, 3.63) is 54.1 Å². The molecule has 0 bridgehead atoms. The molecule has 2 aromatic rings. The maximum absolute atomic E-state index is 12.7. The van der Waals surface area contributed by atoms with Gasteiger partial charge in [-0.05, 0) is 49.2 Å². The lowest BCUT2D eigenvalue weighted by molar-refractivity contribution is -0.137. The molecule has 3 rings (SSSR count). The number of anilines is 1. The van der Waals surface area contributed by atoms with Crippen LogP contribution >= 0.6 is 0 Å². The van der Waals surface area contributed by atoms with Crippen LogP contribution in [0.1, 0.15) is 18.4 Å². The van der Waals surface area contributed by atoms with E-state index in [-0.39, 0.29) is 29.8 Å². The SMILES string of the molecule is COc1ccccc1NC(=O)C1CCN(S(=O)(=O)c2ccc(C(F)(F)F)cc2)CC1. The third-order valence-electron chi connectivity index (χ3n) is 5.01. The molecule has 0 aliphatic carbocycles. The minimum Gasteiger partial charge on any atom is -0.495 e. The minimum absolute atomic E-state index is 0.105. The molecular formula is C20H21F3N2O4S. The highest BCUT2D eigenvalue weighted by Crippen LogP contribution is 2.31. The number of para-hydroxylation sites is 2. The smallest absolute Gasteiger partial charge is 0.416 e. The lowest BCUT2D eigenvalue weighted by Crippen LogP contribution is -2.41. The fraction of sp³-hybridized carbons (Fsp3) is 0.350. The summed E-state index contributed by atoms with van der Waals surface area (Å²) in [6.07, 6.45) is -3.92. The number of amides is 1. The van der Waals surface area contributed by atoms with Crippen molar-refractivity contribution >= 4 is 21.6 Å². The first kappa shape index (κ1) is 22.1. The Balaban J connectivity index is 1.63. The van der Waals surface area contributed by atoms with E-state index in [0.717, 1.165) is 24.3 Å². The van der Waals surface area contributed by atoms with Crippen LogP contribution in [0.3, 0.4) is 0 Å². The van der Waals surface area contributed by atoms with Gasteiger partial charge >= 0.3 is 6.18 Å². The van der Waals surface area contributed by atoms with Crippen LogP contribution in [-0.2, 0) is 21.0 Å². The first-order chi connectivity index (χ1) is 14.1. The van der Waals surface area contributed by atoms with E-state index >= 15 is 0 Å². The van der Waals surface area contributed by atoms with Crippen molar-refractivity contribution in [2.45, 2.75) is 23.9 Å². The number of hydrogen-bond donors (Lipinski definition) is 1. The van der Waals surface area contributed by atoms with E-state index in [9.17, 15) is 26.4 Å². The van der Waals surface area contributed by atoms with Gasteiger partial charge in [0.2, 0.25) is 15.9 Å². The summed E-state index contributed by atoms with van der Waals surface area (Å²) < 4.78 is 69.9. The summed E-state index contributed by atoms with van der Waals surface area (Å²) in [5.74, 6) is -0.0896. The fourth-order valence-electron chi connectivity index (χ4n) is 3.31. The van der Waals surface area contributed by atoms with Crippen molar-refractivity contribution in [2.75, 3.05) is 25.5 Å². The number of rotatable bonds is 5. The van der Waals surface area contributed by atoms with Gasteiger partial charge in [0.25, 0.3) is 0 Å². The van der Waals surface area contributed by atoms with E-state index in [0.29, 0.717) is 24.3 Å². The van der Waals surface area contributed by atoms with Gasteiger partial charge < -0.3 is 10.1 Å². The van der Waals surface area contributed by atoms with Crippen LogP contribution in [0.25, 0.3) is 0 Å². The maximum atomic E-state index is 12.7. The first-order valence-corrected chi connectivity index (χ1v) is 10.7. The number of sulfonamides is 1. The average Bonchev–Trinajstić information content (AvgIpc) is 2.73. The fourth-order valence-corrected chi connectivity index (χ4v) is 4.78. The number of halogens is 3. The van der Waals surface area contributed by atoms with Crippen LogP contribution in [-0.4, -0.2) is 38.8 Å². The monoisotopic (exact) mass is 442 g/mol. The number of ether oxygens (including phenoxy) is 1. The second kappa shape index (κ2) is 8.65. The molecule has 2 aromatic carbocycles. The highest BCUT2D eigenvalue weighted by molar-refractivity contribution is 7.89. The normalized spacial score (nSPS) is 16.3. The average molecular weight is 442 g/mol. The molecule has 1 saturated heterocycles. The molecule has 30 heavy (non-hydrogen) atoms. The van der Waals surface area contributed by atoms with Gasteiger partial charge in [-0.3, -0.25) is 4.79 Å². The molecule has 6 nitrogen and oxygen atoms in total. The van der Waals surface area contributed by atoms with E-state index in [1.165, 1.54) is 11.4 Å². The van der Waals surface area contributed by atoms with Crippen LogP contribution in [0.5, 0.6) is 5.75 Å². The number of nitrogens with zero attached hydrogens (tertiary/aromatic N) is 1. The van der Waals surface area contributed by atoms with Crippen LogP contribution in [0.4, 0.5) is 18.9 Å². The third kappa shape index (κ3) is 4.76. The quantitative estimate of drug-likeness (QED) is 0.765. The Morgan fingerprint density at radius 2 is 1.67 bits per heavy atom. The summed E-state index contributed by atoms with van der Waals surface area (Å²) in [4.78, 5) is 12.4. The van der Waals surface area contributed by atoms with Gasteiger partial charge in [-0.25, -0.2) is 8.42 Å². The molecular weight excluding hydrogens is 421 g/mol. The van der Waals surface area contributed by atoms with Crippen LogP contribution in [0, 0.1) is 5.92 Å². The summed E-state index contributed by atoms with van der Waals surface area (Å²) in [6.45, 7) is 0.209. The number of piperidine rings is 1. The molecule has 1 heterocycles. The van der Waals surface area contributed by atoms with E-state index in [2.05, 4.69) is 5.32 Å². The Bertz CT molecular complexity index is 999. The van der Waals surface area contributed by atoms with Gasteiger partial charge in [-0.2, -0.15) is 17.5 Å². The number of alkyl halides is 3. The van der Waals surface area contributed by atoms with E-state index in [4.69, 9.17) is 4.74 Å². The minimum atomic E-state index is -4.53. The zero-order valence-electron chi connectivity index (χ0n) is 16.1. The van der Waals surface area contributed by atoms with E-state index < -0.39 is 21.8 Å². The van der Waals surface area contributed by atoms with Crippen LogP contribution in [0.2, 0.25) is 0 Å². The molecule has 1 amide bonds. The largest absolute Gasteiger partial charge is 0.495 e. The summed E-state index contributed by atoms with van der Waals surface area (Å²) in [7, 11) is -2.43. The summed E-state index contributed by atoms with van der Waals surface area (Å²) >= 11 is 0. The van der Waals surface area contributed by atoms with Gasteiger partial charge in [-0.1, -0.05) is 12.1 Å². The second-order valence-electron chi connectivity index (χ2n) is 6.89. The molecule has 162 valence electrons. The standard InChI is InChI=1S/C20H21F3N2O4S/c1-29-18-5-3-2-4-17(18)24-19(26)14-10-12-25(13-11-14)30(27,28)16-8-6-15(7-9-16)20(21,22)23/h2-9,14H,10-13H2,1H3,(H,24,26). The molecule has 0 saturated carbocycles. The Morgan fingerprint density at radius 1 is 1.07 bits per heavy atom. The number of benzene rings is 2. The molecule has 0 spiro atoms. The zero-order valence-corrected chi connectivity index (χ0v) is 17.0. The van der Waals surface area contributed by atoms with Gasteiger partial charge in [0.1, 0.15) is 5.75 Å². The molecule has 0 aromatic heterocycles. The first-order valence-electron chi connectivity index (χ1n) is 9.24. The van der Waals surface area contributed by atoms with Crippen molar-refractivity contribution in [1.29, 1.82) is 0 Å². The number of methoxy groups -OCH3 is 1. The summed E-state index contributed by atoms with van der Waals surface area (Å²) in [5, 5.41) is 2.80. The molecule has 0 radical (unpaired) electrons. The highest BCUT2D eigenvalue weighted by Gasteiger charge is 2.34. The van der Waals surface area contributed by atoms with E-state index in [1.807, 2.05) is 0 Å². The van der Waals surface area contributed by atoms with E-state index in [1.54, 1.807) is 24.3 Å². The van der Waals surface area contributed by atoms with Crippen molar-refractivity contribution in [2.24, 2.45) is 5.92 Å². The Morgan fingerprint density at radius 3 is 2.23 bits per heavy atom. The lowest BCUT2D eigenvalue weighted by Gasteiger charge is -2.30. The maximum Gasteiger partial charge on any atom is 0.416 e. The number of carbonyl (C=O) groups excluding carboxylic acids is 1. The number of carbonyl (C=O) groups is 1. The number of nitrogens with one attached hydrogen (secondary N) is 1. The molecule has 0 atom stereocenters. The molecule has 1 aliphatic rings. The molecule has 10 heteroatoms. The summed E-state index contributed by atoms with van der Waals surface area (Å²) in [5.41, 5.74) is -0.377. The lowest BCUT2D eigenvalue weighted by atomic mass is 9.97. The Labute approximate surface area is 172 Å². The highest BCUT2D eigenvalue weighted by atomic mass is 32.2. The summed E-state index contributed by atoms with van der Waals surface area (Å²) in [6, 6.07) is 10.4. The molecule has 0 unspecified atom stereocenters. The van der Waals surface area contributed by atoms with Crippen molar-refractivity contribution < 1.29 is 31.1 Å². The van der Waals surface area contributed by atoms with Crippen LogP contribution in [0.15, 0.2) is 53.4 Å². The number of hydrogen-bond acceptors (Lipinski definition) is 4. The topological polar surface area (TPSA) is 75.7 Å².